The molecule has 5 heteroatoms. The highest BCUT2D eigenvalue weighted by atomic mass is 16.3. The smallest absolute Gasteiger partial charge is 0.291 e. The molecule has 0 aliphatic heterocycles. The van der Waals surface area contributed by atoms with Gasteiger partial charge in [0.05, 0.1) is 6.26 Å². The number of hydrogen-bond acceptors (Lipinski definition) is 3. The predicted molar refractivity (Wildman–Crippen MR) is 97.6 cm³/mol. The minimum absolute atomic E-state index is 0.205. The first-order valence-electron chi connectivity index (χ1n) is 7.64. The van der Waals surface area contributed by atoms with Gasteiger partial charge in [0.15, 0.2) is 5.76 Å². The average molecular weight is 332 g/mol. The zero-order valence-electron chi connectivity index (χ0n) is 13.4. The van der Waals surface area contributed by atoms with E-state index in [-0.39, 0.29) is 17.6 Å². The number of benzene rings is 2. The van der Waals surface area contributed by atoms with Crippen LogP contribution in [0.5, 0.6) is 0 Å². The van der Waals surface area contributed by atoms with Crippen LogP contribution in [-0.4, -0.2) is 11.8 Å². The summed E-state index contributed by atoms with van der Waals surface area (Å²) in [5.41, 5.74) is 2.53. The Kier molecular flexibility index (Phi) is 4.76. The van der Waals surface area contributed by atoms with Crippen LogP contribution in [0.1, 0.15) is 26.5 Å². The first kappa shape index (κ1) is 16.3. The topological polar surface area (TPSA) is 71.3 Å². The molecule has 1 aromatic heterocycles. The molecule has 0 spiro atoms. The van der Waals surface area contributed by atoms with Gasteiger partial charge in [-0.05, 0) is 48.0 Å². The Morgan fingerprint density at radius 2 is 1.60 bits per heavy atom. The van der Waals surface area contributed by atoms with Crippen molar-refractivity contribution in [1.82, 2.24) is 0 Å². The number of carbonyl (C=O) groups excluding carboxylic acids is 2. The molecule has 2 N–H and O–H groups in total. The Morgan fingerprint density at radius 1 is 0.880 bits per heavy atom. The van der Waals surface area contributed by atoms with Crippen LogP contribution in [0.2, 0.25) is 0 Å². The maximum atomic E-state index is 12.4. The van der Waals surface area contributed by atoms with Crippen molar-refractivity contribution in [3.8, 4) is 0 Å². The van der Waals surface area contributed by atoms with Gasteiger partial charge in [-0.3, -0.25) is 9.59 Å². The predicted octanol–water partition coefficient (Wildman–Crippen LogP) is 4.43. The minimum Gasteiger partial charge on any atom is -0.459 e. The fourth-order valence-electron chi connectivity index (χ4n) is 2.29. The van der Waals surface area contributed by atoms with Crippen molar-refractivity contribution < 1.29 is 14.0 Å². The highest BCUT2D eigenvalue weighted by Crippen LogP contribution is 2.16. The number of nitrogens with one attached hydrogen (secondary N) is 2. The quantitative estimate of drug-likeness (QED) is 0.726. The molecule has 0 fully saturated rings. The molecule has 0 radical (unpaired) electrons. The van der Waals surface area contributed by atoms with Gasteiger partial charge in [0, 0.05) is 16.9 Å². The van der Waals surface area contributed by atoms with E-state index in [9.17, 15) is 9.59 Å². The first-order valence-corrected chi connectivity index (χ1v) is 7.64. The third-order valence-corrected chi connectivity index (χ3v) is 3.51. The Bertz CT molecular complexity index is 914. The second kappa shape index (κ2) is 7.31. The largest absolute Gasteiger partial charge is 0.459 e. The molecule has 0 bridgehead atoms. The molecular formula is C20H16N2O3. The van der Waals surface area contributed by atoms with E-state index in [0.717, 1.165) is 5.56 Å². The first-order chi connectivity index (χ1) is 12.2. The second-order valence-electron chi connectivity index (χ2n) is 5.30. The average Bonchev–Trinajstić information content (AvgIpc) is 3.17. The van der Waals surface area contributed by atoms with Gasteiger partial charge < -0.3 is 15.1 Å². The lowest BCUT2D eigenvalue weighted by Crippen LogP contribution is -2.14. The summed E-state index contributed by atoms with van der Waals surface area (Å²) in [6, 6.07) is 17.3. The maximum Gasteiger partial charge on any atom is 0.291 e. The molecule has 0 aliphatic carbocycles. The van der Waals surface area contributed by atoms with E-state index in [4.69, 9.17) is 4.42 Å². The summed E-state index contributed by atoms with van der Waals surface area (Å²) in [7, 11) is 0. The number of furan rings is 1. The molecule has 0 unspecified atom stereocenters. The van der Waals surface area contributed by atoms with E-state index in [2.05, 4.69) is 17.2 Å². The molecule has 0 saturated heterocycles. The standard InChI is InChI=1S/C20H16N2O3/c1-2-14-6-3-8-16(12-14)21-19(23)15-7-4-9-17(13-15)22-20(24)18-10-5-11-25-18/h2-13H,1H2,(H,21,23)(H,22,24). The lowest BCUT2D eigenvalue weighted by Gasteiger charge is -2.08. The summed E-state index contributed by atoms with van der Waals surface area (Å²) in [5, 5.41) is 5.52. The van der Waals surface area contributed by atoms with Gasteiger partial charge in [0.25, 0.3) is 11.8 Å². The summed E-state index contributed by atoms with van der Waals surface area (Å²) in [6.45, 7) is 3.71. The van der Waals surface area contributed by atoms with Crippen LogP contribution in [0.15, 0.2) is 77.9 Å². The van der Waals surface area contributed by atoms with Gasteiger partial charge in [0.1, 0.15) is 0 Å². The van der Waals surface area contributed by atoms with Gasteiger partial charge >= 0.3 is 0 Å². The van der Waals surface area contributed by atoms with E-state index in [0.29, 0.717) is 16.9 Å². The van der Waals surface area contributed by atoms with E-state index < -0.39 is 0 Å². The van der Waals surface area contributed by atoms with Gasteiger partial charge in [-0.2, -0.15) is 0 Å². The van der Waals surface area contributed by atoms with Crippen molar-refractivity contribution in [2.75, 3.05) is 10.6 Å². The molecule has 0 aliphatic rings. The molecule has 2 aromatic carbocycles. The van der Waals surface area contributed by atoms with Crippen molar-refractivity contribution in [2.45, 2.75) is 0 Å². The second-order valence-corrected chi connectivity index (χ2v) is 5.30. The zero-order valence-corrected chi connectivity index (χ0v) is 13.4. The molecule has 3 rings (SSSR count). The van der Waals surface area contributed by atoms with E-state index in [1.165, 1.54) is 6.26 Å². The highest BCUT2D eigenvalue weighted by molar-refractivity contribution is 6.06. The van der Waals surface area contributed by atoms with Gasteiger partial charge in [0.2, 0.25) is 0 Å². The summed E-state index contributed by atoms with van der Waals surface area (Å²) in [4.78, 5) is 24.4. The Morgan fingerprint density at radius 3 is 2.32 bits per heavy atom. The monoisotopic (exact) mass is 332 g/mol. The highest BCUT2D eigenvalue weighted by Gasteiger charge is 2.11. The number of rotatable bonds is 5. The zero-order chi connectivity index (χ0) is 17.6. The maximum absolute atomic E-state index is 12.4. The molecule has 0 atom stereocenters. The van der Waals surface area contributed by atoms with Gasteiger partial charge in [-0.1, -0.05) is 30.9 Å². The molecule has 5 nitrogen and oxygen atoms in total. The summed E-state index contributed by atoms with van der Waals surface area (Å²) in [5.74, 6) is -0.437. The van der Waals surface area contributed by atoms with Crippen LogP contribution in [-0.2, 0) is 0 Å². The fourth-order valence-corrected chi connectivity index (χ4v) is 2.29. The molecule has 124 valence electrons. The Labute approximate surface area is 145 Å². The van der Waals surface area contributed by atoms with Crippen LogP contribution < -0.4 is 10.6 Å². The van der Waals surface area contributed by atoms with Crippen molar-refractivity contribution in [1.29, 1.82) is 0 Å². The Hall–Kier alpha value is -3.60. The molecule has 2 amide bonds. The van der Waals surface area contributed by atoms with Crippen LogP contribution in [0, 0.1) is 0 Å². The summed E-state index contributed by atoms with van der Waals surface area (Å²) in [6.07, 6.45) is 3.14. The summed E-state index contributed by atoms with van der Waals surface area (Å²) < 4.78 is 5.05. The van der Waals surface area contributed by atoms with Crippen molar-refractivity contribution >= 4 is 29.3 Å². The number of carbonyl (C=O) groups is 2. The number of anilines is 2. The third-order valence-electron chi connectivity index (χ3n) is 3.51. The van der Waals surface area contributed by atoms with Crippen molar-refractivity contribution in [3.63, 3.8) is 0 Å². The van der Waals surface area contributed by atoms with Crippen LogP contribution >= 0.6 is 0 Å². The summed E-state index contributed by atoms with van der Waals surface area (Å²) >= 11 is 0. The fraction of sp³-hybridized carbons (Fsp3) is 0. The van der Waals surface area contributed by atoms with Crippen LogP contribution in [0.4, 0.5) is 11.4 Å². The Balaban J connectivity index is 1.73. The van der Waals surface area contributed by atoms with E-state index in [1.54, 1.807) is 48.5 Å². The number of hydrogen-bond donors (Lipinski definition) is 2. The van der Waals surface area contributed by atoms with Crippen molar-refractivity contribution in [3.05, 3.63) is 90.4 Å². The number of amides is 2. The van der Waals surface area contributed by atoms with Crippen LogP contribution in [0.25, 0.3) is 6.08 Å². The lowest BCUT2D eigenvalue weighted by molar-refractivity contribution is 0.0993. The minimum atomic E-state index is -0.374. The third kappa shape index (κ3) is 4.03. The van der Waals surface area contributed by atoms with Gasteiger partial charge in [-0.15, -0.1) is 0 Å². The van der Waals surface area contributed by atoms with Crippen LogP contribution in [0.3, 0.4) is 0 Å². The lowest BCUT2D eigenvalue weighted by atomic mass is 10.1. The molecule has 3 aromatic rings. The molecule has 1 heterocycles. The van der Waals surface area contributed by atoms with E-state index >= 15 is 0 Å². The normalized spacial score (nSPS) is 10.1. The van der Waals surface area contributed by atoms with Crippen molar-refractivity contribution in [2.24, 2.45) is 0 Å². The molecule has 0 saturated carbocycles. The SMILES string of the molecule is C=Cc1cccc(NC(=O)c2cccc(NC(=O)c3ccco3)c2)c1. The van der Waals surface area contributed by atoms with Gasteiger partial charge in [-0.25, -0.2) is 0 Å². The molecular weight excluding hydrogens is 316 g/mol. The molecule has 25 heavy (non-hydrogen) atoms. The van der Waals surface area contributed by atoms with E-state index in [1.807, 2.05) is 18.2 Å².